The number of aromatic carboxylic acids is 1. The maximum absolute atomic E-state index is 12.0. The topological polar surface area (TPSA) is 141 Å². The van der Waals surface area contributed by atoms with Crippen LogP contribution in [0.4, 0.5) is 5.69 Å². The molecule has 0 aliphatic heterocycles. The van der Waals surface area contributed by atoms with Gasteiger partial charge in [-0.15, -0.1) is 0 Å². The van der Waals surface area contributed by atoms with Crippen LogP contribution in [0.15, 0.2) is 73.1 Å². The second-order valence-corrected chi connectivity index (χ2v) is 6.39. The molecule has 0 saturated heterocycles. The van der Waals surface area contributed by atoms with E-state index in [4.69, 9.17) is 20.3 Å². The number of primary amides is 1. The summed E-state index contributed by atoms with van der Waals surface area (Å²) in [5.41, 5.74) is 6.40. The minimum atomic E-state index is -1.10. The molecule has 2 aromatic carbocycles. The van der Waals surface area contributed by atoms with Gasteiger partial charge in [-0.3, -0.25) is 14.6 Å². The fraction of sp³-hybridized carbons (Fsp3) is 0.0833. The van der Waals surface area contributed by atoms with Gasteiger partial charge in [0.1, 0.15) is 0 Å². The number of amides is 2. The van der Waals surface area contributed by atoms with Crippen LogP contribution in [0.1, 0.15) is 26.3 Å². The zero-order valence-corrected chi connectivity index (χ0v) is 18.0. The van der Waals surface area contributed by atoms with Gasteiger partial charge in [0.2, 0.25) is 11.8 Å². The van der Waals surface area contributed by atoms with Crippen molar-refractivity contribution in [2.24, 2.45) is 5.73 Å². The molecule has 0 radical (unpaired) electrons. The fourth-order valence-corrected chi connectivity index (χ4v) is 2.59. The Kier molecular flexibility index (Phi) is 9.14. The molecule has 4 N–H and O–H groups in total. The maximum Gasteiger partial charge on any atom is 0.337 e. The van der Waals surface area contributed by atoms with Crippen molar-refractivity contribution in [3.05, 3.63) is 89.8 Å². The number of nitrogens with two attached hydrogens (primary N) is 1. The lowest BCUT2D eigenvalue weighted by molar-refractivity contribution is -0.111. The van der Waals surface area contributed by atoms with E-state index in [1.165, 1.54) is 31.5 Å². The number of nitrogens with one attached hydrogen (secondary N) is 1. The van der Waals surface area contributed by atoms with E-state index in [9.17, 15) is 14.4 Å². The third-order valence-electron chi connectivity index (χ3n) is 4.20. The predicted octanol–water partition coefficient (Wildman–Crippen LogP) is 3.23. The number of pyridine rings is 1. The van der Waals surface area contributed by atoms with Crippen molar-refractivity contribution in [2.75, 3.05) is 19.5 Å². The van der Waals surface area contributed by atoms with Crippen LogP contribution in [0, 0.1) is 0 Å². The number of carbonyl (C=O) groups is 3. The third-order valence-corrected chi connectivity index (χ3v) is 4.20. The van der Waals surface area contributed by atoms with E-state index >= 15 is 0 Å². The number of nitrogens with zero attached hydrogens (tertiary/aromatic N) is 1. The van der Waals surface area contributed by atoms with Crippen LogP contribution in [0.25, 0.3) is 6.08 Å². The van der Waals surface area contributed by atoms with Crippen LogP contribution in [-0.4, -0.2) is 42.1 Å². The number of ether oxygens (including phenoxy) is 2. The van der Waals surface area contributed by atoms with Gasteiger partial charge in [0.05, 0.1) is 31.0 Å². The molecule has 9 nitrogen and oxygen atoms in total. The first kappa shape index (κ1) is 24.6. The van der Waals surface area contributed by atoms with Crippen molar-refractivity contribution in [2.45, 2.75) is 0 Å². The average Bonchev–Trinajstić information content (AvgIpc) is 2.83. The highest BCUT2D eigenvalue weighted by Crippen LogP contribution is 2.28. The fourth-order valence-electron chi connectivity index (χ4n) is 2.59. The molecule has 0 saturated carbocycles. The van der Waals surface area contributed by atoms with Crippen molar-refractivity contribution in [3.8, 4) is 11.5 Å². The first-order valence-electron chi connectivity index (χ1n) is 9.59. The Morgan fingerprint density at radius 1 is 1.00 bits per heavy atom. The lowest BCUT2D eigenvalue weighted by Gasteiger charge is -2.08. The molecule has 0 bridgehead atoms. The van der Waals surface area contributed by atoms with E-state index in [2.05, 4.69) is 10.3 Å². The molecule has 9 heteroatoms. The molecule has 0 spiro atoms. The van der Waals surface area contributed by atoms with Gasteiger partial charge in [0.15, 0.2) is 11.5 Å². The van der Waals surface area contributed by atoms with Crippen LogP contribution < -0.4 is 20.5 Å². The monoisotopic (exact) mass is 449 g/mol. The quantitative estimate of drug-likeness (QED) is 0.470. The molecule has 0 aliphatic carbocycles. The second-order valence-electron chi connectivity index (χ2n) is 6.39. The zero-order valence-electron chi connectivity index (χ0n) is 18.0. The Morgan fingerprint density at radius 3 is 2.30 bits per heavy atom. The van der Waals surface area contributed by atoms with Crippen LogP contribution >= 0.6 is 0 Å². The molecular formula is C24H23N3O6. The van der Waals surface area contributed by atoms with Crippen LogP contribution in [0.2, 0.25) is 0 Å². The van der Waals surface area contributed by atoms with Gasteiger partial charge in [-0.25, -0.2) is 4.79 Å². The molecule has 0 fully saturated rings. The number of anilines is 1. The third kappa shape index (κ3) is 7.51. The molecule has 170 valence electrons. The van der Waals surface area contributed by atoms with Crippen LogP contribution in [-0.2, 0) is 4.79 Å². The van der Waals surface area contributed by atoms with E-state index in [0.29, 0.717) is 17.1 Å². The molecule has 3 aromatic rings. The minimum absolute atomic E-state index is 0.0327. The minimum Gasteiger partial charge on any atom is -0.493 e. The summed E-state index contributed by atoms with van der Waals surface area (Å²) in [5.74, 6) is -0.831. The Morgan fingerprint density at radius 2 is 1.73 bits per heavy atom. The normalized spacial score (nSPS) is 10.0. The number of carboxylic acids is 1. The van der Waals surface area contributed by atoms with Gasteiger partial charge in [-0.2, -0.15) is 0 Å². The van der Waals surface area contributed by atoms with E-state index in [1.807, 2.05) is 0 Å². The summed E-state index contributed by atoms with van der Waals surface area (Å²) in [7, 11) is 3.07. The number of para-hydroxylation sites is 1. The number of carboxylic acid groups (broad SMARTS) is 1. The summed E-state index contributed by atoms with van der Waals surface area (Å²) >= 11 is 0. The molecule has 0 atom stereocenters. The number of hydrogen-bond donors (Lipinski definition) is 3. The van der Waals surface area contributed by atoms with E-state index in [-0.39, 0.29) is 11.3 Å². The average molecular weight is 449 g/mol. The molecule has 0 aliphatic rings. The van der Waals surface area contributed by atoms with E-state index in [0.717, 1.165) is 5.56 Å². The first-order chi connectivity index (χ1) is 15.8. The number of hydrogen-bond acceptors (Lipinski definition) is 6. The van der Waals surface area contributed by atoms with Gasteiger partial charge in [-0.1, -0.05) is 18.2 Å². The van der Waals surface area contributed by atoms with Crippen LogP contribution in [0.5, 0.6) is 11.5 Å². The molecule has 3 rings (SSSR count). The molecule has 1 aromatic heterocycles. The second kappa shape index (κ2) is 12.3. The smallest absolute Gasteiger partial charge is 0.337 e. The Hall–Kier alpha value is -4.66. The van der Waals surface area contributed by atoms with Gasteiger partial charge in [-0.05, 0) is 48.0 Å². The highest BCUT2D eigenvalue weighted by Gasteiger charge is 2.10. The van der Waals surface area contributed by atoms with Crippen molar-refractivity contribution in [3.63, 3.8) is 0 Å². The van der Waals surface area contributed by atoms with Crippen molar-refractivity contribution >= 4 is 29.5 Å². The number of carbonyl (C=O) groups excluding carboxylic acids is 2. The first-order valence-corrected chi connectivity index (χ1v) is 9.59. The summed E-state index contributed by atoms with van der Waals surface area (Å²) in [6.45, 7) is 0. The summed E-state index contributed by atoms with van der Waals surface area (Å²) in [6, 6.07) is 14.7. The predicted molar refractivity (Wildman–Crippen MR) is 123 cm³/mol. The van der Waals surface area contributed by atoms with E-state index in [1.54, 1.807) is 61.8 Å². The number of benzene rings is 2. The maximum atomic E-state index is 12.0. The highest BCUT2D eigenvalue weighted by molar-refractivity contribution is 6.06. The lowest BCUT2D eigenvalue weighted by atomic mass is 10.1. The largest absolute Gasteiger partial charge is 0.493 e. The van der Waals surface area contributed by atoms with Gasteiger partial charge >= 0.3 is 5.97 Å². The summed E-state index contributed by atoms with van der Waals surface area (Å²) in [4.78, 5) is 37.2. The molecule has 0 unspecified atom stereocenters. The standard InChI is InChI=1S/C18H17NO5.C6H6N2O/c1-23-15-9-7-12(11-16(15)24-2)8-10-17(20)19-14-6-4-3-5-13(14)18(21)22;7-6(9)5-2-1-3-8-4-5/h3-11H,1-2H3,(H,19,20)(H,21,22);1-4H,(H2,7,9)/b10-8+;. The number of aromatic nitrogens is 1. The number of rotatable bonds is 7. The van der Waals surface area contributed by atoms with E-state index < -0.39 is 17.8 Å². The van der Waals surface area contributed by atoms with Crippen molar-refractivity contribution in [1.82, 2.24) is 4.98 Å². The molecule has 33 heavy (non-hydrogen) atoms. The van der Waals surface area contributed by atoms with Gasteiger partial charge in [0.25, 0.3) is 0 Å². The van der Waals surface area contributed by atoms with Crippen molar-refractivity contribution in [1.29, 1.82) is 0 Å². The molecular weight excluding hydrogens is 426 g/mol. The van der Waals surface area contributed by atoms with Gasteiger partial charge < -0.3 is 25.6 Å². The zero-order chi connectivity index (χ0) is 24.2. The Bertz CT molecular complexity index is 1150. The summed E-state index contributed by atoms with van der Waals surface area (Å²) < 4.78 is 10.3. The number of methoxy groups -OCH3 is 2. The summed E-state index contributed by atoms with van der Waals surface area (Å²) in [6.07, 6.45) is 5.94. The highest BCUT2D eigenvalue weighted by atomic mass is 16.5. The molecule has 1 heterocycles. The SMILES string of the molecule is COc1ccc(/C=C/C(=O)Nc2ccccc2C(=O)O)cc1OC.NC(=O)c1cccnc1. The van der Waals surface area contributed by atoms with Gasteiger partial charge in [0, 0.05) is 18.5 Å². The lowest BCUT2D eigenvalue weighted by Crippen LogP contribution is -2.11. The Labute approximate surface area is 190 Å². The van der Waals surface area contributed by atoms with Crippen LogP contribution in [0.3, 0.4) is 0 Å². The molecule has 2 amide bonds. The summed E-state index contributed by atoms with van der Waals surface area (Å²) in [5, 5.41) is 11.6. The van der Waals surface area contributed by atoms with Crippen molar-refractivity contribution < 1.29 is 29.0 Å². The Balaban J connectivity index is 0.000000357.